The Balaban J connectivity index is 1.65. The van der Waals surface area contributed by atoms with Crippen molar-refractivity contribution in [3.63, 3.8) is 0 Å². The molecule has 2 N–H and O–H groups in total. The summed E-state index contributed by atoms with van der Waals surface area (Å²) < 4.78 is 52.2. The molecule has 4 aromatic carbocycles. The van der Waals surface area contributed by atoms with Crippen molar-refractivity contribution in [2.45, 2.75) is 330 Å². The van der Waals surface area contributed by atoms with Crippen molar-refractivity contribution in [2.24, 2.45) is 0 Å². The summed E-state index contributed by atoms with van der Waals surface area (Å²) >= 11 is 0. The lowest BCUT2D eigenvalue weighted by atomic mass is 9.93. The van der Waals surface area contributed by atoms with Crippen LogP contribution < -0.4 is 28.4 Å². The maximum Gasteiger partial charge on any atom is 0.325 e. The molecule has 0 fully saturated rings. The zero-order chi connectivity index (χ0) is 61.4. The fourth-order valence-electron chi connectivity index (χ4n) is 12.1. The zero-order valence-corrected chi connectivity index (χ0v) is 57.0. The molecule has 0 saturated carbocycles. The lowest BCUT2D eigenvalue weighted by Gasteiger charge is -2.21. The molecule has 0 spiro atoms. The lowest BCUT2D eigenvalue weighted by Crippen LogP contribution is -2.05. The van der Waals surface area contributed by atoms with Crippen molar-refractivity contribution < 1.29 is 42.8 Å². The average Bonchev–Trinajstić information content (AvgIpc) is 0.755. The van der Waals surface area contributed by atoms with E-state index in [-0.39, 0.29) is 6.16 Å². The van der Waals surface area contributed by atoms with E-state index in [4.69, 9.17) is 38.2 Å². The molecule has 492 valence electrons. The molecule has 4 rings (SSSR count). The zero-order valence-electron chi connectivity index (χ0n) is 56.1. The molecule has 0 aromatic heterocycles. The third-order valence-electron chi connectivity index (χ3n) is 17.5. The molecule has 0 radical (unpaired) electrons. The molecule has 0 bridgehead atoms. The van der Waals surface area contributed by atoms with E-state index >= 15 is 0 Å². The van der Waals surface area contributed by atoms with E-state index in [9.17, 15) is 4.57 Å². The van der Waals surface area contributed by atoms with E-state index in [1.165, 1.54) is 225 Å². The monoisotopic (exact) mass is 1220 g/mol. The van der Waals surface area contributed by atoms with Crippen molar-refractivity contribution in [1.29, 1.82) is 0 Å². The normalized spacial score (nSPS) is 11.8. The van der Waals surface area contributed by atoms with E-state index in [0.717, 1.165) is 131 Å². The molecule has 4 aromatic rings. The number of benzene rings is 4. The fourth-order valence-corrected chi connectivity index (χ4v) is 12.7. The molecule has 10 heteroatoms. The molecule has 0 saturated heterocycles. The minimum absolute atomic E-state index is 0.0307. The quantitative estimate of drug-likeness (QED) is 0.0253. The Kier molecular flexibility index (Phi) is 43.1. The van der Waals surface area contributed by atoms with Gasteiger partial charge in [0.25, 0.3) is 0 Å². The van der Waals surface area contributed by atoms with Crippen LogP contribution >= 0.6 is 7.60 Å². The number of hydrogen-bond donors (Lipinski definition) is 2. The molecule has 86 heavy (non-hydrogen) atoms. The Morgan fingerprint density at radius 3 is 0.523 bits per heavy atom. The van der Waals surface area contributed by atoms with Gasteiger partial charge in [-0.25, -0.2) is 0 Å². The Hall–Kier alpha value is -3.39. The van der Waals surface area contributed by atoms with Gasteiger partial charge in [0.1, 0.15) is 0 Å². The van der Waals surface area contributed by atoms with Gasteiger partial charge in [0.2, 0.25) is 0 Å². The van der Waals surface area contributed by atoms with E-state index in [2.05, 4.69) is 71.0 Å². The van der Waals surface area contributed by atoms with Crippen LogP contribution in [-0.4, -0.2) is 55.6 Å². The second kappa shape index (κ2) is 49.4. The highest BCUT2D eigenvalue weighted by Crippen LogP contribution is 2.47. The summed E-state index contributed by atoms with van der Waals surface area (Å²) in [5.41, 5.74) is 0. The molecule has 9 nitrogen and oxygen atoms in total. The molecule has 0 aliphatic carbocycles. The molecule has 0 aliphatic rings. The van der Waals surface area contributed by atoms with Crippen molar-refractivity contribution in [3.05, 3.63) is 36.4 Å². The van der Waals surface area contributed by atoms with Gasteiger partial charge < -0.3 is 38.2 Å². The first-order valence-corrected chi connectivity index (χ1v) is 38.4. The predicted molar refractivity (Wildman–Crippen MR) is 370 cm³/mol. The Labute approximate surface area is 526 Å². The topological polar surface area (TPSA) is 113 Å². The van der Waals surface area contributed by atoms with E-state index in [0.29, 0.717) is 46.1 Å². The number of unbranched alkanes of at least 4 members (excludes halogenated alkanes) is 40. The van der Waals surface area contributed by atoms with Gasteiger partial charge in [-0.1, -0.05) is 285 Å². The van der Waals surface area contributed by atoms with E-state index in [1.54, 1.807) is 0 Å². The SMILES string of the molecule is CCCCCCCCOc1cc2c3cc(OCCCCCCCC)c(OCCCCCCCC)cc3c3cc(OCCCCCCCCCCCCCCCCCCP(=O)(O)O)c(OCCCCCCCC)cc3c2cc1OCCCCCCCC. The summed E-state index contributed by atoms with van der Waals surface area (Å²) in [7, 11) is -3.84. The minimum atomic E-state index is -3.84. The van der Waals surface area contributed by atoms with Crippen LogP contribution in [-0.2, 0) is 4.57 Å². The summed E-state index contributed by atoms with van der Waals surface area (Å²) in [6.45, 7) is 15.4. The second-order valence-electron chi connectivity index (χ2n) is 25.5. The predicted octanol–water partition coefficient (Wildman–Crippen LogP) is 24.6. The average molecular weight is 1220 g/mol. The maximum atomic E-state index is 11.1. The van der Waals surface area contributed by atoms with Gasteiger partial charge in [-0.15, -0.1) is 0 Å². The summed E-state index contributed by atoms with van der Waals surface area (Å²) in [5, 5.41) is 6.74. The standard InChI is InChI=1S/C76H129O9P/c1-6-11-16-21-38-45-52-80-71-59-65-66-60-72(81-53-46-39-22-17-12-7-2)74(83-55-48-41-24-19-14-9-4)62-68(66)70-64-76(85-57-50-43-36-34-32-30-28-26-27-29-31-33-35-37-44-51-58-86(77,78)79)75(84-56-49-42-25-20-15-10-5)63-69(70)67(65)61-73(71)82-54-47-40-23-18-13-8-3/h59-64H,6-58H2,1-5H3,(H2,77,78,79). The lowest BCUT2D eigenvalue weighted by molar-refractivity contribution is 0.258. The van der Waals surface area contributed by atoms with Crippen molar-refractivity contribution >= 4 is 39.9 Å². The third kappa shape index (κ3) is 32.9. The summed E-state index contributed by atoms with van der Waals surface area (Å²) in [4.78, 5) is 18.1. The Morgan fingerprint density at radius 2 is 0.372 bits per heavy atom. The third-order valence-corrected chi connectivity index (χ3v) is 18.4. The maximum absolute atomic E-state index is 11.1. The minimum Gasteiger partial charge on any atom is -0.490 e. The van der Waals surface area contributed by atoms with Gasteiger partial charge in [-0.3, -0.25) is 4.57 Å². The molecular formula is C76H129O9P. The van der Waals surface area contributed by atoms with E-state index < -0.39 is 7.60 Å². The highest BCUT2D eigenvalue weighted by molar-refractivity contribution is 7.51. The summed E-state index contributed by atoms with van der Waals surface area (Å²) in [6, 6.07) is 13.7. The first-order valence-electron chi connectivity index (χ1n) is 36.6. The Bertz CT molecular complexity index is 2290. The van der Waals surface area contributed by atoms with Crippen LogP contribution in [0.3, 0.4) is 0 Å². The van der Waals surface area contributed by atoms with Crippen molar-refractivity contribution in [2.75, 3.05) is 45.8 Å². The smallest absolute Gasteiger partial charge is 0.325 e. The highest BCUT2D eigenvalue weighted by Gasteiger charge is 2.21. The van der Waals surface area contributed by atoms with Gasteiger partial charge in [0.05, 0.1) is 39.6 Å². The highest BCUT2D eigenvalue weighted by atomic mass is 31.2. The molecular weight excluding hydrogens is 1090 g/mol. The fraction of sp³-hybridized carbons (Fsp3) is 0.763. The van der Waals surface area contributed by atoms with Crippen LogP contribution in [0.4, 0.5) is 0 Å². The first-order chi connectivity index (χ1) is 42.2. The number of hydrogen-bond acceptors (Lipinski definition) is 7. The van der Waals surface area contributed by atoms with Gasteiger partial charge in [0, 0.05) is 6.16 Å². The first kappa shape index (κ1) is 75.1. The molecule has 0 amide bonds. The van der Waals surface area contributed by atoms with Crippen molar-refractivity contribution in [1.82, 2.24) is 0 Å². The van der Waals surface area contributed by atoms with Crippen LogP contribution in [0.5, 0.6) is 34.5 Å². The van der Waals surface area contributed by atoms with E-state index in [1.807, 2.05) is 0 Å². The second-order valence-corrected chi connectivity index (χ2v) is 27.3. The molecule has 0 aliphatic heterocycles. The number of fused-ring (bicyclic) bond motifs is 6. The molecule has 0 atom stereocenters. The van der Waals surface area contributed by atoms with Crippen LogP contribution in [0.15, 0.2) is 36.4 Å². The number of rotatable bonds is 60. The summed E-state index contributed by atoms with van der Waals surface area (Å²) in [6.07, 6.45) is 55.2. The largest absolute Gasteiger partial charge is 0.490 e. The number of ether oxygens (including phenoxy) is 6. The van der Waals surface area contributed by atoms with Gasteiger partial charge in [-0.2, -0.15) is 0 Å². The van der Waals surface area contributed by atoms with Crippen LogP contribution in [0.2, 0.25) is 0 Å². The Morgan fingerprint density at radius 1 is 0.233 bits per heavy atom. The van der Waals surface area contributed by atoms with Gasteiger partial charge in [0.15, 0.2) is 34.5 Å². The van der Waals surface area contributed by atoms with Crippen LogP contribution in [0.25, 0.3) is 32.3 Å². The van der Waals surface area contributed by atoms with Crippen LogP contribution in [0, 0.1) is 0 Å². The summed E-state index contributed by atoms with van der Waals surface area (Å²) in [5.74, 6) is 4.92. The van der Waals surface area contributed by atoms with Crippen molar-refractivity contribution in [3.8, 4) is 34.5 Å². The van der Waals surface area contributed by atoms with Gasteiger partial charge >= 0.3 is 7.60 Å². The van der Waals surface area contributed by atoms with Crippen LogP contribution in [0.1, 0.15) is 330 Å². The molecule has 0 heterocycles. The van der Waals surface area contributed by atoms with Gasteiger partial charge in [-0.05, 0) is 114 Å². The molecule has 0 unspecified atom stereocenters.